The molecule has 32 heavy (non-hydrogen) atoms. The van der Waals surface area contributed by atoms with E-state index in [0.717, 1.165) is 16.0 Å². The van der Waals surface area contributed by atoms with Crippen LogP contribution in [0.15, 0.2) is 42.5 Å². The molecule has 0 saturated carbocycles. The molecule has 1 N–H and O–H groups in total. The average molecular weight is 436 g/mol. The lowest BCUT2D eigenvalue weighted by Crippen LogP contribution is -2.59. The molecule has 1 heterocycles. The van der Waals surface area contributed by atoms with Crippen LogP contribution in [0, 0.1) is 13.8 Å². The van der Waals surface area contributed by atoms with Crippen LogP contribution in [0.3, 0.4) is 0 Å². The summed E-state index contributed by atoms with van der Waals surface area (Å²) in [5.74, 6) is -1.82. The van der Waals surface area contributed by atoms with Crippen molar-refractivity contribution >= 4 is 29.3 Å². The Bertz CT molecular complexity index is 1050. The number of carbonyl (C=O) groups excluding carboxylic acids is 4. The molecule has 1 aliphatic heterocycles. The van der Waals surface area contributed by atoms with E-state index in [1.165, 1.54) is 18.9 Å². The van der Waals surface area contributed by atoms with E-state index in [0.29, 0.717) is 12.1 Å². The third-order valence-electron chi connectivity index (χ3n) is 6.54. The Morgan fingerprint density at radius 3 is 1.97 bits per heavy atom. The summed E-state index contributed by atoms with van der Waals surface area (Å²) in [6, 6.07) is 11.2. The summed E-state index contributed by atoms with van der Waals surface area (Å²) in [7, 11) is 1.53. The van der Waals surface area contributed by atoms with Crippen molar-refractivity contribution < 1.29 is 19.2 Å². The molecule has 0 radical (unpaired) electrons. The van der Waals surface area contributed by atoms with Gasteiger partial charge in [-0.05, 0) is 57.4 Å². The van der Waals surface area contributed by atoms with E-state index in [1.54, 1.807) is 31.2 Å². The number of benzene rings is 2. The molecule has 2 atom stereocenters. The molecule has 0 fully saturated rings. The predicted molar refractivity (Wildman–Crippen MR) is 122 cm³/mol. The minimum absolute atomic E-state index is 0.283. The Kier molecular flexibility index (Phi) is 6.21. The third-order valence-corrected chi connectivity index (χ3v) is 6.54. The van der Waals surface area contributed by atoms with Crippen LogP contribution in [0.1, 0.15) is 59.0 Å². The first kappa shape index (κ1) is 23.2. The van der Waals surface area contributed by atoms with Crippen molar-refractivity contribution in [1.29, 1.82) is 0 Å². The highest BCUT2D eigenvalue weighted by atomic mass is 16.2. The zero-order chi connectivity index (χ0) is 23.8. The predicted octanol–water partition coefficient (Wildman–Crippen LogP) is 3.55. The largest absolute Gasteiger partial charge is 0.330 e. The van der Waals surface area contributed by atoms with Crippen LogP contribution >= 0.6 is 0 Å². The van der Waals surface area contributed by atoms with Crippen molar-refractivity contribution in [2.45, 2.75) is 52.6 Å². The van der Waals surface area contributed by atoms with Crippen molar-refractivity contribution in [3.05, 3.63) is 64.7 Å². The second-order valence-electron chi connectivity index (χ2n) is 8.45. The van der Waals surface area contributed by atoms with Gasteiger partial charge in [0, 0.05) is 12.7 Å². The van der Waals surface area contributed by atoms with Gasteiger partial charge in [-0.1, -0.05) is 37.3 Å². The number of likely N-dealkylation sites (N-methyl/N-ethyl adjacent to an activating group) is 1. The molecule has 168 valence electrons. The molecule has 0 unspecified atom stereocenters. The lowest BCUT2D eigenvalue weighted by atomic mass is 9.94. The van der Waals surface area contributed by atoms with E-state index >= 15 is 0 Å². The molecular formula is C25H29N3O4. The van der Waals surface area contributed by atoms with E-state index in [1.807, 2.05) is 39.0 Å². The van der Waals surface area contributed by atoms with Crippen LogP contribution < -0.4 is 5.32 Å². The van der Waals surface area contributed by atoms with Gasteiger partial charge in [-0.15, -0.1) is 0 Å². The quantitative estimate of drug-likeness (QED) is 0.703. The van der Waals surface area contributed by atoms with Crippen LogP contribution in [0.2, 0.25) is 0 Å². The number of imide groups is 1. The van der Waals surface area contributed by atoms with Crippen molar-refractivity contribution in [2.24, 2.45) is 0 Å². The van der Waals surface area contributed by atoms with Gasteiger partial charge in [0.15, 0.2) is 0 Å². The number of aryl methyl sites for hydroxylation is 2. The second kappa shape index (κ2) is 8.57. The van der Waals surface area contributed by atoms with E-state index in [-0.39, 0.29) is 17.0 Å². The lowest BCUT2D eigenvalue weighted by molar-refractivity contribution is -0.145. The Morgan fingerprint density at radius 1 is 1.00 bits per heavy atom. The monoisotopic (exact) mass is 435 g/mol. The summed E-state index contributed by atoms with van der Waals surface area (Å²) in [5.41, 5.74) is 1.94. The van der Waals surface area contributed by atoms with Crippen LogP contribution in [-0.2, 0) is 9.59 Å². The molecular weight excluding hydrogens is 406 g/mol. The van der Waals surface area contributed by atoms with Gasteiger partial charge in [0.05, 0.1) is 11.1 Å². The Hall–Kier alpha value is -3.48. The molecule has 0 saturated heterocycles. The Labute approximate surface area is 188 Å². The molecule has 7 nitrogen and oxygen atoms in total. The Balaban J connectivity index is 1.85. The first-order chi connectivity index (χ1) is 15.0. The molecule has 0 spiro atoms. The van der Waals surface area contributed by atoms with Gasteiger partial charge in [-0.2, -0.15) is 0 Å². The summed E-state index contributed by atoms with van der Waals surface area (Å²) in [6.45, 7) is 8.83. The maximum Gasteiger partial charge on any atom is 0.262 e. The second-order valence-corrected chi connectivity index (χ2v) is 8.45. The number of hydrogen-bond acceptors (Lipinski definition) is 4. The number of hydrogen-bond donors (Lipinski definition) is 1. The van der Waals surface area contributed by atoms with Crippen molar-refractivity contribution in [3.8, 4) is 0 Å². The maximum atomic E-state index is 13.4. The smallest absolute Gasteiger partial charge is 0.262 e. The van der Waals surface area contributed by atoms with E-state index < -0.39 is 29.3 Å². The van der Waals surface area contributed by atoms with Gasteiger partial charge in [0.25, 0.3) is 11.8 Å². The summed E-state index contributed by atoms with van der Waals surface area (Å²) >= 11 is 0. The Morgan fingerprint density at radius 2 is 1.50 bits per heavy atom. The molecule has 0 bridgehead atoms. The fourth-order valence-corrected chi connectivity index (χ4v) is 4.00. The number of fused-ring (bicyclic) bond motifs is 1. The average Bonchev–Trinajstić information content (AvgIpc) is 3.04. The van der Waals surface area contributed by atoms with Gasteiger partial charge in [-0.25, -0.2) is 0 Å². The number of anilines is 1. The number of rotatable bonds is 6. The molecule has 1 aliphatic rings. The van der Waals surface area contributed by atoms with E-state index in [2.05, 4.69) is 5.32 Å². The highest BCUT2D eigenvalue weighted by Gasteiger charge is 2.45. The first-order valence-electron chi connectivity index (χ1n) is 10.7. The summed E-state index contributed by atoms with van der Waals surface area (Å²) < 4.78 is 0. The van der Waals surface area contributed by atoms with Crippen molar-refractivity contribution in [1.82, 2.24) is 9.80 Å². The molecule has 7 heteroatoms. The normalized spacial score (nSPS) is 15.8. The zero-order valence-electron chi connectivity index (χ0n) is 19.4. The number of carbonyl (C=O) groups is 4. The minimum Gasteiger partial charge on any atom is -0.330 e. The van der Waals surface area contributed by atoms with E-state index in [9.17, 15) is 19.2 Å². The number of nitrogens with one attached hydrogen (secondary N) is 1. The lowest BCUT2D eigenvalue weighted by Gasteiger charge is -2.39. The van der Waals surface area contributed by atoms with Crippen molar-refractivity contribution in [2.75, 3.05) is 12.4 Å². The fraction of sp³-hybridized carbons (Fsp3) is 0.360. The van der Waals surface area contributed by atoms with Gasteiger partial charge in [-0.3, -0.25) is 24.1 Å². The van der Waals surface area contributed by atoms with Gasteiger partial charge in [0.1, 0.15) is 11.6 Å². The third kappa shape index (κ3) is 3.68. The highest BCUT2D eigenvalue weighted by molar-refractivity contribution is 6.22. The molecule has 2 aromatic carbocycles. The molecule has 0 aromatic heterocycles. The minimum atomic E-state index is -1.18. The summed E-state index contributed by atoms with van der Waals surface area (Å²) in [5, 5.41) is 2.97. The number of para-hydroxylation sites is 1. The first-order valence-corrected chi connectivity index (χ1v) is 10.7. The zero-order valence-corrected chi connectivity index (χ0v) is 19.4. The highest BCUT2D eigenvalue weighted by Crippen LogP contribution is 2.28. The molecule has 0 aliphatic carbocycles. The maximum absolute atomic E-state index is 13.4. The van der Waals surface area contributed by atoms with Crippen LogP contribution in [0.4, 0.5) is 5.69 Å². The SMILES string of the molecule is CC[C@](C)(C(=O)Nc1c(C)cccc1C)N(C)C(=O)[C@H](C)N1C(=O)c2ccccc2C1=O. The van der Waals surface area contributed by atoms with Gasteiger partial charge < -0.3 is 10.2 Å². The summed E-state index contributed by atoms with van der Waals surface area (Å²) in [4.78, 5) is 54.6. The molecule has 3 rings (SSSR count). The van der Waals surface area contributed by atoms with Crippen LogP contribution in [0.25, 0.3) is 0 Å². The fourth-order valence-electron chi connectivity index (χ4n) is 4.00. The number of amides is 4. The van der Waals surface area contributed by atoms with Gasteiger partial charge in [0.2, 0.25) is 11.8 Å². The molecule has 4 amide bonds. The summed E-state index contributed by atoms with van der Waals surface area (Å²) in [6.07, 6.45) is 0.348. The van der Waals surface area contributed by atoms with Crippen LogP contribution in [-0.4, -0.2) is 52.1 Å². The van der Waals surface area contributed by atoms with Crippen molar-refractivity contribution in [3.63, 3.8) is 0 Å². The van der Waals surface area contributed by atoms with Gasteiger partial charge >= 0.3 is 0 Å². The number of nitrogens with zero attached hydrogens (tertiary/aromatic N) is 2. The van der Waals surface area contributed by atoms with E-state index in [4.69, 9.17) is 0 Å². The standard InChI is InChI=1S/C25H29N3O4/c1-7-25(5,24(32)26-20-15(2)11-10-12-16(20)3)27(6)21(29)17(4)28-22(30)18-13-8-9-14-19(18)23(28)31/h8-14,17H,7H2,1-6H3,(H,26,32)/t17-,25+/m0/s1. The van der Waals surface area contributed by atoms with Crippen LogP contribution in [0.5, 0.6) is 0 Å². The molecule has 2 aromatic rings. The topological polar surface area (TPSA) is 86.8 Å².